The van der Waals surface area contributed by atoms with E-state index in [4.69, 9.17) is 15.2 Å². The number of carbonyl (C=O) groups is 1. The van der Waals surface area contributed by atoms with Crippen LogP contribution in [0.3, 0.4) is 0 Å². The highest BCUT2D eigenvalue weighted by Gasteiger charge is 2.48. The van der Waals surface area contributed by atoms with Crippen molar-refractivity contribution in [3.8, 4) is 0 Å². The van der Waals surface area contributed by atoms with Crippen molar-refractivity contribution in [2.75, 3.05) is 33.5 Å². The van der Waals surface area contributed by atoms with E-state index in [0.717, 1.165) is 12.8 Å². The molecular weight excluding hydrogens is 210 g/mol. The summed E-state index contributed by atoms with van der Waals surface area (Å²) < 4.78 is 10.3. The van der Waals surface area contributed by atoms with Crippen LogP contribution in [-0.4, -0.2) is 55.8 Å². The van der Waals surface area contributed by atoms with Gasteiger partial charge in [-0.2, -0.15) is 4.99 Å². The third-order valence-corrected chi connectivity index (χ3v) is 3.28. The maximum Gasteiger partial charge on any atom is 0.346 e. The van der Waals surface area contributed by atoms with Crippen molar-refractivity contribution in [2.24, 2.45) is 10.7 Å². The van der Waals surface area contributed by atoms with E-state index in [9.17, 15) is 4.79 Å². The number of carbonyl (C=O) groups excluding carboxylic acids is 1. The Balaban J connectivity index is 2.17. The number of urea groups is 1. The molecule has 1 saturated heterocycles. The monoisotopic (exact) mass is 227 g/mol. The van der Waals surface area contributed by atoms with Crippen molar-refractivity contribution >= 4 is 11.9 Å². The van der Waals surface area contributed by atoms with Crippen molar-refractivity contribution in [2.45, 2.75) is 18.4 Å². The van der Waals surface area contributed by atoms with Gasteiger partial charge in [0.05, 0.1) is 6.61 Å². The first-order valence-corrected chi connectivity index (χ1v) is 5.43. The number of nitrogens with zero attached hydrogens (tertiary/aromatic N) is 2. The predicted octanol–water partition coefficient (Wildman–Crippen LogP) is -0.0252. The highest BCUT2D eigenvalue weighted by Crippen LogP contribution is 2.32. The van der Waals surface area contributed by atoms with E-state index < -0.39 is 5.54 Å². The Labute approximate surface area is 94.4 Å². The van der Waals surface area contributed by atoms with Crippen LogP contribution in [0.4, 0.5) is 4.79 Å². The van der Waals surface area contributed by atoms with Crippen LogP contribution >= 0.6 is 0 Å². The molecule has 0 bridgehead atoms. The molecular formula is C10H17N3O3. The number of hydrogen-bond acceptors (Lipinski definition) is 4. The topological polar surface area (TPSA) is 77.2 Å². The van der Waals surface area contributed by atoms with Gasteiger partial charge in [0.25, 0.3) is 0 Å². The number of amides is 2. The molecule has 90 valence electrons. The van der Waals surface area contributed by atoms with Crippen molar-refractivity contribution < 1.29 is 14.3 Å². The molecule has 2 rings (SSSR count). The molecule has 1 fully saturated rings. The Morgan fingerprint density at radius 1 is 1.56 bits per heavy atom. The zero-order chi connectivity index (χ0) is 11.6. The van der Waals surface area contributed by atoms with E-state index >= 15 is 0 Å². The standard InChI is InChI=1S/C10H17N3O3/c1-15-7-4-13-9(14)12-8(11)10(13)2-5-16-6-3-10/h2-7H2,1H3,(H2,11,12,14). The summed E-state index contributed by atoms with van der Waals surface area (Å²) in [5.41, 5.74) is 5.47. The van der Waals surface area contributed by atoms with Gasteiger partial charge in [-0.1, -0.05) is 0 Å². The second kappa shape index (κ2) is 4.39. The molecule has 6 nitrogen and oxygen atoms in total. The molecule has 2 amide bonds. The minimum absolute atomic E-state index is 0.253. The van der Waals surface area contributed by atoms with Crippen LogP contribution in [0.15, 0.2) is 4.99 Å². The third kappa shape index (κ3) is 1.68. The van der Waals surface area contributed by atoms with Crippen LogP contribution in [-0.2, 0) is 9.47 Å². The van der Waals surface area contributed by atoms with Gasteiger partial charge in [0.2, 0.25) is 0 Å². The first kappa shape index (κ1) is 11.3. The molecule has 2 N–H and O–H groups in total. The van der Waals surface area contributed by atoms with Crippen molar-refractivity contribution in [1.29, 1.82) is 0 Å². The van der Waals surface area contributed by atoms with Crippen LogP contribution < -0.4 is 5.73 Å². The molecule has 1 spiro atoms. The molecule has 0 radical (unpaired) electrons. The Morgan fingerprint density at radius 3 is 2.88 bits per heavy atom. The SMILES string of the molecule is COCCN1C(=O)N=C(N)C12CCOCC2. The molecule has 2 aliphatic rings. The van der Waals surface area contributed by atoms with Crippen molar-refractivity contribution in [3.63, 3.8) is 0 Å². The summed E-state index contributed by atoms with van der Waals surface area (Å²) in [7, 11) is 1.61. The van der Waals surface area contributed by atoms with Crippen LogP contribution in [0.2, 0.25) is 0 Å². The molecule has 2 aliphatic heterocycles. The maximum absolute atomic E-state index is 11.7. The van der Waals surface area contributed by atoms with E-state index in [1.807, 2.05) is 0 Å². The van der Waals surface area contributed by atoms with E-state index in [2.05, 4.69) is 4.99 Å². The number of rotatable bonds is 3. The van der Waals surface area contributed by atoms with Gasteiger partial charge in [-0.3, -0.25) is 0 Å². The van der Waals surface area contributed by atoms with Gasteiger partial charge in [-0.15, -0.1) is 0 Å². The second-order valence-electron chi connectivity index (χ2n) is 4.07. The normalized spacial score (nSPS) is 23.9. The Bertz CT molecular complexity index is 310. The Hall–Kier alpha value is -1.14. The first-order chi connectivity index (χ1) is 7.70. The van der Waals surface area contributed by atoms with Crippen LogP contribution in [0, 0.1) is 0 Å². The number of methoxy groups -OCH3 is 1. The van der Waals surface area contributed by atoms with E-state index in [0.29, 0.717) is 32.2 Å². The summed E-state index contributed by atoms with van der Waals surface area (Å²) in [6.45, 7) is 2.26. The lowest BCUT2D eigenvalue weighted by molar-refractivity contribution is 0.0207. The van der Waals surface area contributed by atoms with Gasteiger partial charge in [0.1, 0.15) is 11.4 Å². The highest BCUT2D eigenvalue weighted by molar-refractivity contribution is 6.05. The van der Waals surface area contributed by atoms with E-state index in [1.165, 1.54) is 0 Å². The summed E-state index contributed by atoms with van der Waals surface area (Å²) in [6, 6.07) is -0.253. The van der Waals surface area contributed by atoms with Crippen molar-refractivity contribution in [3.05, 3.63) is 0 Å². The highest BCUT2D eigenvalue weighted by atomic mass is 16.5. The number of aliphatic imine (C=N–C) groups is 1. The molecule has 0 atom stereocenters. The van der Waals surface area contributed by atoms with Crippen LogP contribution in [0.5, 0.6) is 0 Å². The average Bonchev–Trinajstić information content (AvgIpc) is 2.50. The predicted molar refractivity (Wildman–Crippen MR) is 58.4 cm³/mol. The lowest BCUT2D eigenvalue weighted by Gasteiger charge is -2.40. The van der Waals surface area contributed by atoms with Gasteiger partial charge < -0.3 is 20.1 Å². The number of nitrogens with two attached hydrogens (primary N) is 1. The summed E-state index contributed by atoms with van der Waals surface area (Å²) in [5.74, 6) is 0.428. The lowest BCUT2D eigenvalue weighted by atomic mass is 9.88. The number of ether oxygens (including phenoxy) is 2. The summed E-state index contributed by atoms with van der Waals surface area (Å²) in [5, 5.41) is 0. The summed E-state index contributed by atoms with van der Waals surface area (Å²) >= 11 is 0. The number of hydrogen-bond donors (Lipinski definition) is 1. The Morgan fingerprint density at radius 2 is 2.25 bits per heavy atom. The zero-order valence-electron chi connectivity index (χ0n) is 9.44. The third-order valence-electron chi connectivity index (χ3n) is 3.28. The van der Waals surface area contributed by atoms with Gasteiger partial charge in [-0.05, 0) is 0 Å². The molecule has 0 aromatic heterocycles. The fourth-order valence-electron chi connectivity index (χ4n) is 2.32. The first-order valence-electron chi connectivity index (χ1n) is 5.43. The molecule has 0 aliphatic carbocycles. The van der Waals surface area contributed by atoms with Gasteiger partial charge in [0, 0.05) is 39.7 Å². The molecule has 0 saturated carbocycles. The molecule has 6 heteroatoms. The Kier molecular flexibility index (Phi) is 3.11. The largest absolute Gasteiger partial charge is 0.385 e. The minimum atomic E-state index is -0.423. The van der Waals surface area contributed by atoms with Gasteiger partial charge in [0.15, 0.2) is 0 Å². The lowest BCUT2D eigenvalue weighted by Crippen LogP contribution is -2.57. The van der Waals surface area contributed by atoms with Crippen LogP contribution in [0.1, 0.15) is 12.8 Å². The quantitative estimate of drug-likeness (QED) is 0.734. The van der Waals surface area contributed by atoms with Crippen LogP contribution in [0.25, 0.3) is 0 Å². The van der Waals surface area contributed by atoms with Gasteiger partial charge >= 0.3 is 6.03 Å². The molecule has 2 heterocycles. The van der Waals surface area contributed by atoms with E-state index in [1.54, 1.807) is 12.0 Å². The molecule has 16 heavy (non-hydrogen) atoms. The smallest absolute Gasteiger partial charge is 0.346 e. The average molecular weight is 227 g/mol. The van der Waals surface area contributed by atoms with Gasteiger partial charge in [-0.25, -0.2) is 4.79 Å². The zero-order valence-corrected chi connectivity index (χ0v) is 9.44. The molecule has 0 aromatic rings. The second-order valence-corrected chi connectivity index (χ2v) is 4.07. The molecule has 0 unspecified atom stereocenters. The summed E-state index contributed by atoms with van der Waals surface area (Å²) in [4.78, 5) is 17.3. The molecule has 0 aromatic carbocycles. The maximum atomic E-state index is 11.7. The number of amidine groups is 1. The fraction of sp³-hybridized carbons (Fsp3) is 0.800. The van der Waals surface area contributed by atoms with Crippen molar-refractivity contribution in [1.82, 2.24) is 4.90 Å². The fourth-order valence-corrected chi connectivity index (χ4v) is 2.32. The minimum Gasteiger partial charge on any atom is -0.385 e. The van der Waals surface area contributed by atoms with E-state index in [-0.39, 0.29) is 6.03 Å². The summed E-state index contributed by atoms with van der Waals surface area (Å²) in [6.07, 6.45) is 1.44.